The van der Waals surface area contributed by atoms with Crippen LogP contribution in [-0.4, -0.2) is 39.1 Å². The molecule has 0 aromatic carbocycles. The first-order chi connectivity index (χ1) is 9.93. The molecule has 1 unspecified atom stereocenters. The number of aromatic nitrogens is 2. The molecule has 7 heteroatoms. The maximum Gasteiger partial charge on any atom is 0.245 e. The van der Waals surface area contributed by atoms with Crippen molar-refractivity contribution < 1.29 is 9.59 Å². The van der Waals surface area contributed by atoms with E-state index in [2.05, 4.69) is 10.4 Å². The van der Waals surface area contributed by atoms with E-state index in [1.807, 2.05) is 13.8 Å². The van der Waals surface area contributed by atoms with E-state index >= 15 is 0 Å². The van der Waals surface area contributed by atoms with Crippen LogP contribution >= 0.6 is 11.6 Å². The molecular weight excluding hydrogens is 292 g/mol. The van der Waals surface area contributed by atoms with Gasteiger partial charge in [0.1, 0.15) is 11.2 Å². The van der Waals surface area contributed by atoms with Crippen LogP contribution in [0.15, 0.2) is 0 Å². The number of carbonyl (C=O) groups is 2. The van der Waals surface area contributed by atoms with Crippen LogP contribution in [0.4, 0.5) is 0 Å². The molecule has 1 N–H and O–H groups in total. The van der Waals surface area contributed by atoms with Crippen molar-refractivity contribution in [2.24, 2.45) is 7.05 Å². The molecule has 1 aliphatic rings. The van der Waals surface area contributed by atoms with Crippen LogP contribution in [0, 0.1) is 6.92 Å². The first kappa shape index (κ1) is 15.8. The molecule has 6 nitrogen and oxygen atoms in total. The highest BCUT2D eigenvalue weighted by molar-refractivity contribution is 6.30. The first-order valence-electron chi connectivity index (χ1n) is 7.20. The molecule has 1 fully saturated rings. The lowest BCUT2D eigenvalue weighted by Crippen LogP contribution is -2.44. The molecule has 2 heterocycles. The molecule has 21 heavy (non-hydrogen) atoms. The lowest BCUT2D eigenvalue weighted by molar-refractivity contribution is -0.134. The lowest BCUT2D eigenvalue weighted by Gasteiger charge is -2.23. The monoisotopic (exact) mass is 312 g/mol. The zero-order valence-corrected chi connectivity index (χ0v) is 13.4. The SMILES string of the molecule is CCCC1NC(=O)CCN(Cc2c(C)nn(C)c2Cl)C1=O. The highest BCUT2D eigenvalue weighted by Crippen LogP contribution is 2.22. The smallest absolute Gasteiger partial charge is 0.245 e. The molecule has 0 spiro atoms. The average molecular weight is 313 g/mol. The molecule has 1 atom stereocenters. The number of hydrogen-bond donors (Lipinski definition) is 1. The van der Waals surface area contributed by atoms with E-state index in [9.17, 15) is 9.59 Å². The first-order valence-corrected chi connectivity index (χ1v) is 7.58. The molecule has 2 rings (SSSR count). The Bertz CT molecular complexity index is 555. The number of carbonyl (C=O) groups excluding carboxylic acids is 2. The Morgan fingerprint density at radius 3 is 2.71 bits per heavy atom. The second-order valence-electron chi connectivity index (χ2n) is 5.40. The van der Waals surface area contributed by atoms with Crippen molar-refractivity contribution >= 4 is 23.4 Å². The summed E-state index contributed by atoms with van der Waals surface area (Å²) in [7, 11) is 1.77. The number of rotatable bonds is 4. The maximum atomic E-state index is 12.6. The van der Waals surface area contributed by atoms with Crippen molar-refractivity contribution in [1.29, 1.82) is 0 Å². The van der Waals surface area contributed by atoms with E-state index in [-0.39, 0.29) is 11.8 Å². The predicted molar refractivity (Wildman–Crippen MR) is 79.8 cm³/mol. The molecule has 1 aromatic heterocycles. The molecular formula is C14H21ClN4O2. The Hall–Kier alpha value is -1.56. The summed E-state index contributed by atoms with van der Waals surface area (Å²) in [5.41, 5.74) is 1.66. The fraction of sp³-hybridized carbons (Fsp3) is 0.643. The van der Waals surface area contributed by atoms with Crippen molar-refractivity contribution in [3.63, 3.8) is 0 Å². The summed E-state index contributed by atoms with van der Waals surface area (Å²) >= 11 is 6.23. The summed E-state index contributed by atoms with van der Waals surface area (Å²) in [6.07, 6.45) is 1.82. The number of halogens is 1. The molecule has 0 radical (unpaired) electrons. The zero-order valence-electron chi connectivity index (χ0n) is 12.6. The van der Waals surface area contributed by atoms with Crippen molar-refractivity contribution in [3.05, 3.63) is 16.4 Å². The van der Waals surface area contributed by atoms with Crippen LogP contribution in [0.1, 0.15) is 37.4 Å². The van der Waals surface area contributed by atoms with Crippen molar-refractivity contribution in [2.45, 2.75) is 45.7 Å². The van der Waals surface area contributed by atoms with Gasteiger partial charge in [-0.25, -0.2) is 0 Å². The van der Waals surface area contributed by atoms with E-state index in [1.165, 1.54) is 0 Å². The van der Waals surface area contributed by atoms with Crippen molar-refractivity contribution in [2.75, 3.05) is 6.54 Å². The third-order valence-corrected chi connectivity index (χ3v) is 4.22. The molecule has 2 amide bonds. The third-order valence-electron chi connectivity index (χ3n) is 3.75. The van der Waals surface area contributed by atoms with Gasteiger partial charge in [0, 0.05) is 25.6 Å². The largest absolute Gasteiger partial charge is 0.344 e. The summed E-state index contributed by atoms with van der Waals surface area (Å²) in [6, 6.07) is -0.430. The Morgan fingerprint density at radius 1 is 1.43 bits per heavy atom. The van der Waals surface area contributed by atoms with Gasteiger partial charge < -0.3 is 10.2 Å². The van der Waals surface area contributed by atoms with Crippen molar-refractivity contribution in [1.82, 2.24) is 20.0 Å². The van der Waals surface area contributed by atoms with E-state index in [1.54, 1.807) is 16.6 Å². The zero-order chi connectivity index (χ0) is 15.6. The van der Waals surface area contributed by atoms with Gasteiger partial charge >= 0.3 is 0 Å². The topological polar surface area (TPSA) is 67.2 Å². The molecule has 116 valence electrons. The van der Waals surface area contributed by atoms with Gasteiger partial charge in [-0.1, -0.05) is 24.9 Å². The van der Waals surface area contributed by atoms with Gasteiger partial charge in [0.05, 0.1) is 12.2 Å². The predicted octanol–water partition coefficient (Wildman–Crippen LogP) is 1.40. The lowest BCUT2D eigenvalue weighted by atomic mass is 10.1. The highest BCUT2D eigenvalue weighted by Gasteiger charge is 2.30. The average Bonchev–Trinajstić information content (AvgIpc) is 2.58. The van der Waals surface area contributed by atoms with E-state index in [0.29, 0.717) is 31.1 Å². The van der Waals surface area contributed by atoms with Gasteiger partial charge in [-0.15, -0.1) is 0 Å². The number of nitrogens with zero attached hydrogens (tertiary/aromatic N) is 3. The maximum absolute atomic E-state index is 12.6. The quantitative estimate of drug-likeness (QED) is 0.914. The second kappa shape index (κ2) is 6.47. The Kier molecular flexibility index (Phi) is 4.88. The molecule has 1 aromatic rings. The molecule has 0 bridgehead atoms. The van der Waals surface area contributed by atoms with Crippen molar-refractivity contribution in [3.8, 4) is 0 Å². The Labute approximate surface area is 129 Å². The minimum absolute atomic E-state index is 0.0398. The summed E-state index contributed by atoms with van der Waals surface area (Å²) in [4.78, 5) is 26.0. The minimum atomic E-state index is -0.430. The molecule has 0 saturated carbocycles. The van der Waals surface area contributed by atoms with E-state index in [4.69, 9.17) is 11.6 Å². The fourth-order valence-corrected chi connectivity index (χ4v) is 2.82. The summed E-state index contributed by atoms with van der Waals surface area (Å²) in [5, 5.41) is 7.59. The molecule has 1 aliphatic heterocycles. The van der Waals surface area contributed by atoms with Crippen LogP contribution < -0.4 is 5.32 Å². The standard InChI is InChI=1S/C14H21ClN4O2/c1-4-5-11-14(21)19(7-6-12(20)16-11)8-10-9(2)17-18(3)13(10)15/h11H,4-8H2,1-3H3,(H,16,20). The highest BCUT2D eigenvalue weighted by atomic mass is 35.5. The third kappa shape index (κ3) is 3.37. The number of amides is 2. The Morgan fingerprint density at radius 2 is 2.14 bits per heavy atom. The van der Waals surface area contributed by atoms with Crippen LogP contribution in [0.2, 0.25) is 5.15 Å². The van der Waals surface area contributed by atoms with Crippen LogP contribution in [0.3, 0.4) is 0 Å². The van der Waals surface area contributed by atoms with Crippen LogP contribution in [0.5, 0.6) is 0 Å². The fourth-order valence-electron chi connectivity index (χ4n) is 2.58. The number of hydrogen-bond acceptors (Lipinski definition) is 3. The molecule has 1 saturated heterocycles. The van der Waals surface area contributed by atoms with Gasteiger partial charge in [-0.05, 0) is 13.3 Å². The summed E-state index contributed by atoms with van der Waals surface area (Å²) in [5.74, 6) is -0.111. The Balaban J connectivity index is 2.21. The molecule has 0 aliphatic carbocycles. The van der Waals surface area contributed by atoms with Gasteiger partial charge in [0.15, 0.2) is 0 Å². The minimum Gasteiger partial charge on any atom is -0.344 e. The van der Waals surface area contributed by atoms with E-state index in [0.717, 1.165) is 17.7 Å². The van der Waals surface area contributed by atoms with E-state index < -0.39 is 6.04 Å². The van der Waals surface area contributed by atoms with Gasteiger partial charge in [-0.2, -0.15) is 5.10 Å². The number of nitrogens with one attached hydrogen (secondary N) is 1. The van der Waals surface area contributed by atoms with Gasteiger partial charge in [0.25, 0.3) is 0 Å². The normalized spacial score (nSPS) is 19.6. The van der Waals surface area contributed by atoms with Crippen LogP contribution in [-0.2, 0) is 23.2 Å². The van der Waals surface area contributed by atoms with Gasteiger partial charge in [-0.3, -0.25) is 14.3 Å². The summed E-state index contributed by atoms with van der Waals surface area (Å²) in [6.45, 7) is 4.68. The summed E-state index contributed by atoms with van der Waals surface area (Å²) < 4.78 is 1.60. The van der Waals surface area contributed by atoms with Crippen LogP contribution in [0.25, 0.3) is 0 Å². The number of aryl methyl sites for hydroxylation is 2. The van der Waals surface area contributed by atoms with Gasteiger partial charge in [0.2, 0.25) is 11.8 Å². The second-order valence-corrected chi connectivity index (χ2v) is 5.75.